The highest BCUT2D eigenvalue weighted by molar-refractivity contribution is 14.1. The van der Waals surface area contributed by atoms with Crippen LogP contribution in [-0.4, -0.2) is 23.8 Å². The van der Waals surface area contributed by atoms with Crippen molar-refractivity contribution in [2.45, 2.75) is 19.0 Å². The van der Waals surface area contributed by atoms with Crippen LogP contribution < -0.4 is 10.4 Å². The molecule has 2 aromatic rings. The van der Waals surface area contributed by atoms with Crippen molar-refractivity contribution in [3.8, 4) is 0 Å². The summed E-state index contributed by atoms with van der Waals surface area (Å²) in [6.07, 6.45) is -2.41. The van der Waals surface area contributed by atoms with Crippen molar-refractivity contribution >= 4 is 68.7 Å². The number of hydrogen-bond acceptors (Lipinski definition) is 5. The van der Waals surface area contributed by atoms with Crippen molar-refractivity contribution in [3.05, 3.63) is 60.7 Å². The summed E-state index contributed by atoms with van der Waals surface area (Å²) >= 11 is 3.78. The van der Waals surface area contributed by atoms with Crippen molar-refractivity contribution in [2.24, 2.45) is 0 Å². The van der Waals surface area contributed by atoms with E-state index in [1.54, 1.807) is 6.07 Å². The maximum absolute atomic E-state index is 14.2. The molecule has 0 aromatic heterocycles. The minimum Gasteiger partial charge on any atom is -0.544 e. The Morgan fingerprint density at radius 1 is 1.14 bits per heavy atom. The van der Waals surface area contributed by atoms with Crippen LogP contribution >= 0.6 is 45.2 Å². The second-order valence-electron chi connectivity index (χ2n) is 5.60. The Kier molecular flexibility index (Phi) is 7.31. The molecule has 2 rings (SSSR count). The van der Waals surface area contributed by atoms with Gasteiger partial charge in [-0.15, -0.1) is 0 Å². The molecule has 1 unspecified atom stereocenters. The predicted octanol–water partition coefficient (Wildman–Crippen LogP) is 3.14. The number of hydrogen-bond donors (Lipinski definition) is 1. The van der Waals surface area contributed by atoms with Crippen LogP contribution in [0.1, 0.15) is 28.9 Å². The SMILES string of the molecule is CC(=O)Nc1c(I)cc(I)cc1C(=O)OC(c1ccccc1)C(F)(F)C(=O)[O-]. The number of alkyl halides is 2. The molecular weight excluding hydrogens is 602 g/mol. The largest absolute Gasteiger partial charge is 0.544 e. The lowest BCUT2D eigenvalue weighted by Crippen LogP contribution is -2.47. The normalized spacial score (nSPS) is 12.2. The number of nitrogens with one attached hydrogen (secondary N) is 1. The minimum atomic E-state index is -4.47. The van der Waals surface area contributed by atoms with Gasteiger partial charge in [0.05, 0.1) is 11.3 Å². The van der Waals surface area contributed by atoms with Gasteiger partial charge in [0.25, 0.3) is 0 Å². The third-order valence-corrected chi connectivity index (χ3v) is 4.98. The van der Waals surface area contributed by atoms with Crippen molar-refractivity contribution < 1.29 is 33.0 Å². The lowest BCUT2D eigenvalue weighted by Gasteiger charge is -2.28. The Balaban J connectivity index is 2.50. The monoisotopic (exact) mass is 614 g/mol. The molecule has 0 spiro atoms. The smallest absolute Gasteiger partial charge is 0.341 e. The maximum Gasteiger partial charge on any atom is 0.341 e. The zero-order valence-electron chi connectivity index (χ0n) is 14.2. The molecule has 0 aliphatic rings. The van der Waals surface area contributed by atoms with Crippen molar-refractivity contribution in [1.82, 2.24) is 0 Å². The first-order valence-electron chi connectivity index (χ1n) is 7.65. The summed E-state index contributed by atoms with van der Waals surface area (Å²) in [6.45, 7) is 1.22. The van der Waals surface area contributed by atoms with E-state index in [-0.39, 0.29) is 16.8 Å². The van der Waals surface area contributed by atoms with E-state index in [1.807, 2.05) is 45.2 Å². The van der Waals surface area contributed by atoms with E-state index in [0.29, 0.717) is 7.14 Å². The minimum absolute atomic E-state index is 0.0853. The van der Waals surface area contributed by atoms with Gasteiger partial charge >= 0.3 is 11.9 Å². The van der Waals surface area contributed by atoms with E-state index in [2.05, 4.69) is 5.32 Å². The van der Waals surface area contributed by atoms with Crippen LogP contribution in [-0.2, 0) is 14.3 Å². The van der Waals surface area contributed by atoms with E-state index in [4.69, 9.17) is 4.74 Å². The number of carbonyl (C=O) groups is 3. The van der Waals surface area contributed by atoms with Crippen LogP contribution in [0.3, 0.4) is 0 Å². The molecular formula is C18H12F2I2NO5-. The molecule has 1 atom stereocenters. The van der Waals surface area contributed by atoms with E-state index >= 15 is 0 Å². The van der Waals surface area contributed by atoms with Gasteiger partial charge in [-0.1, -0.05) is 30.3 Å². The summed E-state index contributed by atoms with van der Waals surface area (Å²) in [4.78, 5) is 35.1. The number of anilines is 1. The zero-order valence-corrected chi connectivity index (χ0v) is 18.5. The lowest BCUT2D eigenvalue weighted by molar-refractivity contribution is -0.336. The number of carboxylic acids is 1. The highest BCUT2D eigenvalue weighted by Gasteiger charge is 2.45. The van der Waals surface area contributed by atoms with Gasteiger partial charge in [-0.3, -0.25) is 4.79 Å². The average molecular weight is 614 g/mol. The van der Waals surface area contributed by atoms with Crippen LogP contribution in [0.4, 0.5) is 14.5 Å². The Hall–Kier alpha value is -1.83. The lowest BCUT2D eigenvalue weighted by atomic mass is 10.0. The second kappa shape index (κ2) is 9.11. The number of benzene rings is 2. The molecule has 0 radical (unpaired) electrons. The molecule has 1 amide bonds. The third kappa shape index (κ3) is 5.16. The number of rotatable bonds is 6. The zero-order chi connectivity index (χ0) is 21.1. The summed E-state index contributed by atoms with van der Waals surface area (Å²) in [6, 6.07) is 9.76. The Morgan fingerprint density at radius 2 is 1.75 bits per heavy atom. The Bertz CT molecular complexity index is 922. The van der Waals surface area contributed by atoms with Gasteiger partial charge in [-0.25, -0.2) is 4.79 Å². The number of esters is 1. The molecule has 0 saturated heterocycles. The van der Waals surface area contributed by atoms with Gasteiger partial charge in [0.15, 0.2) is 6.10 Å². The van der Waals surface area contributed by atoms with Crippen LogP contribution in [0.2, 0.25) is 0 Å². The summed E-state index contributed by atoms with van der Waals surface area (Å²) in [5.41, 5.74) is -0.310. The van der Waals surface area contributed by atoms with Gasteiger partial charge in [-0.05, 0) is 62.9 Å². The maximum atomic E-state index is 14.2. The number of halogens is 4. The molecule has 0 aliphatic heterocycles. The molecule has 2 aromatic carbocycles. The van der Waals surface area contributed by atoms with Crippen LogP contribution in [0.5, 0.6) is 0 Å². The number of aliphatic carboxylic acids is 1. The first kappa shape index (κ1) is 22.5. The number of ether oxygens (including phenoxy) is 1. The van der Waals surface area contributed by atoms with Crippen molar-refractivity contribution in [3.63, 3.8) is 0 Å². The van der Waals surface area contributed by atoms with Crippen LogP contribution in [0.15, 0.2) is 42.5 Å². The third-order valence-electron chi connectivity index (χ3n) is 3.50. The second-order valence-corrected chi connectivity index (χ2v) is 8.01. The van der Waals surface area contributed by atoms with Gasteiger partial charge < -0.3 is 20.0 Å². The fourth-order valence-electron chi connectivity index (χ4n) is 2.29. The number of amides is 1. The molecule has 6 nitrogen and oxygen atoms in total. The van der Waals surface area contributed by atoms with Crippen LogP contribution in [0, 0.1) is 7.14 Å². The first-order valence-corrected chi connectivity index (χ1v) is 9.81. The summed E-state index contributed by atoms with van der Waals surface area (Å²) < 4.78 is 34.4. The summed E-state index contributed by atoms with van der Waals surface area (Å²) in [7, 11) is 0. The molecule has 148 valence electrons. The fraction of sp³-hybridized carbons (Fsp3) is 0.167. The van der Waals surface area contributed by atoms with Crippen LogP contribution in [0.25, 0.3) is 0 Å². The van der Waals surface area contributed by atoms with Crippen molar-refractivity contribution in [1.29, 1.82) is 0 Å². The quantitative estimate of drug-likeness (QED) is 0.399. The van der Waals surface area contributed by atoms with Gasteiger partial charge in [-0.2, -0.15) is 8.78 Å². The number of carboxylic acid groups (broad SMARTS) is 1. The van der Waals surface area contributed by atoms with E-state index in [9.17, 15) is 28.3 Å². The molecule has 0 bridgehead atoms. The van der Waals surface area contributed by atoms with Gasteiger partial charge in [0, 0.05) is 14.1 Å². The summed E-state index contributed by atoms with van der Waals surface area (Å²) in [5.74, 6) is -8.84. The van der Waals surface area contributed by atoms with Crippen molar-refractivity contribution in [2.75, 3.05) is 5.32 Å². The van der Waals surface area contributed by atoms with Gasteiger partial charge in [0.2, 0.25) is 5.91 Å². The predicted molar refractivity (Wildman–Crippen MR) is 111 cm³/mol. The van der Waals surface area contributed by atoms with E-state index in [0.717, 1.165) is 0 Å². The highest BCUT2D eigenvalue weighted by Crippen LogP contribution is 2.36. The Labute approximate surface area is 185 Å². The molecule has 28 heavy (non-hydrogen) atoms. The molecule has 0 fully saturated rings. The summed E-state index contributed by atoms with van der Waals surface area (Å²) in [5, 5.41) is 13.4. The molecule has 1 N–H and O–H groups in total. The fourth-order valence-corrected chi connectivity index (χ4v) is 4.27. The van der Waals surface area contributed by atoms with E-state index in [1.165, 1.54) is 43.3 Å². The number of carbonyl (C=O) groups excluding carboxylic acids is 3. The molecule has 10 heteroatoms. The standard InChI is InChI=1S/C18H13F2I2NO5/c1-9(24)23-14-12(7-11(21)8-13(14)22)16(25)28-15(18(19,20)17(26)27)10-5-3-2-4-6-10/h2-8,15H,1H3,(H,23,24)(H,26,27)/p-1. The first-order chi connectivity index (χ1) is 13.0. The van der Waals surface area contributed by atoms with E-state index < -0.39 is 29.9 Å². The molecule has 0 aliphatic carbocycles. The highest BCUT2D eigenvalue weighted by atomic mass is 127. The molecule has 0 heterocycles. The molecule has 0 saturated carbocycles. The van der Waals surface area contributed by atoms with Gasteiger partial charge in [0.1, 0.15) is 5.97 Å². The Morgan fingerprint density at radius 3 is 2.29 bits per heavy atom. The average Bonchev–Trinajstić information content (AvgIpc) is 2.61. The topological polar surface area (TPSA) is 95.5 Å².